The number of hydrogen-bond donors (Lipinski definition) is 1. The van der Waals surface area contributed by atoms with Gasteiger partial charge in [-0.15, -0.1) is 0 Å². The van der Waals surface area contributed by atoms with Crippen molar-refractivity contribution in [1.29, 1.82) is 0 Å². The van der Waals surface area contributed by atoms with E-state index in [2.05, 4.69) is 26.2 Å². The van der Waals surface area contributed by atoms with Gasteiger partial charge >= 0.3 is 0 Å². The van der Waals surface area contributed by atoms with Gasteiger partial charge in [0.05, 0.1) is 7.11 Å². The number of aliphatic imine (C=N–C) groups is 1. The fourth-order valence-corrected chi connectivity index (χ4v) is 2.46. The van der Waals surface area contributed by atoms with Crippen molar-refractivity contribution in [3.63, 3.8) is 0 Å². The lowest BCUT2D eigenvalue weighted by atomic mass is 10.1. The fourth-order valence-electron chi connectivity index (χ4n) is 2.06. The van der Waals surface area contributed by atoms with E-state index in [1.165, 1.54) is 7.05 Å². The van der Waals surface area contributed by atoms with E-state index >= 15 is 0 Å². The molecule has 0 saturated heterocycles. The number of hydrogen-bond acceptors (Lipinski definition) is 3. The van der Waals surface area contributed by atoms with Gasteiger partial charge in [-0.1, -0.05) is 34.1 Å². The molecule has 6 heteroatoms. The highest BCUT2D eigenvalue weighted by molar-refractivity contribution is 9.10. The van der Waals surface area contributed by atoms with Crippen LogP contribution in [0.3, 0.4) is 0 Å². The first-order chi connectivity index (χ1) is 11.5. The third-order valence-electron chi connectivity index (χ3n) is 3.33. The molecule has 0 fully saturated rings. The third kappa shape index (κ3) is 4.76. The normalized spacial score (nSPS) is 11.0. The zero-order valence-corrected chi connectivity index (χ0v) is 15.0. The molecule has 0 bridgehead atoms. The highest BCUT2D eigenvalue weighted by Crippen LogP contribution is 2.14. The van der Waals surface area contributed by atoms with E-state index in [9.17, 15) is 9.59 Å². The lowest BCUT2D eigenvalue weighted by Crippen LogP contribution is -2.30. The Balaban J connectivity index is 2.26. The summed E-state index contributed by atoms with van der Waals surface area (Å²) < 4.78 is 5.89. The number of carbonyl (C=O) groups excluding carboxylic acids is 2. The first-order valence-electron chi connectivity index (χ1n) is 7.26. The van der Waals surface area contributed by atoms with E-state index in [0.29, 0.717) is 5.56 Å². The average molecular weight is 389 g/mol. The van der Waals surface area contributed by atoms with Gasteiger partial charge in [-0.25, -0.2) is 4.99 Å². The second kappa shape index (κ2) is 8.40. The summed E-state index contributed by atoms with van der Waals surface area (Å²) in [4.78, 5) is 28.4. The van der Waals surface area contributed by atoms with Crippen LogP contribution in [0.5, 0.6) is 5.75 Å². The Bertz CT molecular complexity index is 770. The maximum atomic E-state index is 12.3. The number of benzene rings is 2. The van der Waals surface area contributed by atoms with E-state index in [1.54, 1.807) is 37.4 Å². The van der Waals surface area contributed by atoms with Crippen molar-refractivity contribution in [2.75, 3.05) is 14.2 Å². The molecule has 2 aromatic rings. The minimum Gasteiger partial charge on any atom is -0.497 e. The number of ether oxygens (including phenoxy) is 1. The molecular formula is C18H17BrN2O3. The molecule has 0 radical (unpaired) electrons. The summed E-state index contributed by atoms with van der Waals surface area (Å²) >= 11 is 3.31. The number of rotatable bonds is 5. The number of carbonyl (C=O) groups is 2. The van der Waals surface area contributed by atoms with E-state index in [4.69, 9.17) is 4.74 Å². The Kier molecular flexibility index (Phi) is 6.26. The highest BCUT2D eigenvalue weighted by atomic mass is 79.9. The van der Waals surface area contributed by atoms with Gasteiger partial charge in [0.2, 0.25) is 0 Å². The van der Waals surface area contributed by atoms with E-state index in [0.717, 1.165) is 15.8 Å². The van der Waals surface area contributed by atoms with Crippen LogP contribution in [-0.4, -0.2) is 31.7 Å². The molecule has 2 aromatic carbocycles. The highest BCUT2D eigenvalue weighted by Gasteiger charge is 2.14. The van der Waals surface area contributed by atoms with Gasteiger partial charge in [-0.05, 0) is 35.9 Å². The lowest BCUT2D eigenvalue weighted by Gasteiger charge is -2.07. The van der Waals surface area contributed by atoms with E-state index in [-0.39, 0.29) is 18.0 Å². The zero-order chi connectivity index (χ0) is 17.5. The molecule has 2 amide bonds. The predicted octanol–water partition coefficient (Wildman–Crippen LogP) is 3.03. The summed E-state index contributed by atoms with van der Waals surface area (Å²) in [5.41, 5.74) is 1.44. The van der Waals surface area contributed by atoms with Crippen LogP contribution in [0, 0.1) is 0 Å². The van der Waals surface area contributed by atoms with Crippen LogP contribution < -0.4 is 10.1 Å². The summed E-state index contributed by atoms with van der Waals surface area (Å²) in [6, 6.07) is 14.2. The second-order valence-corrected chi connectivity index (χ2v) is 5.89. The third-order valence-corrected chi connectivity index (χ3v) is 3.82. The summed E-state index contributed by atoms with van der Waals surface area (Å²) in [5.74, 6) is -0.111. The molecule has 0 spiro atoms. The van der Waals surface area contributed by atoms with Crippen molar-refractivity contribution in [2.24, 2.45) is 4.99 Å². The summed E-state index contributed by atoms with van der Waals surface area (Å²) in [6.45, 7) is 0. The standard InChI is InChI=1S/C18H17BrN2O3/c1-20-18(23)16(10-12-6-8-15(24-2)9-7-12)21-17(22)13-4-3-5-14(19)11-13/h3-9,11H,10H2,1-2H3,(H,20,23). The van der Waals surface area contributed by atoms with Gasteiger partial charge < -0.3 is 10.1 Å². The van der Waals surface area contributed by atoms with E-state index < -0.39 is 5.91 Å². The predicted molar refractivity (Wildman–Crippen MR) is 96.7 cm³/mol. The lowest BCUT2D eigenvalue weighted by molar-refractivity contribution is -0.114. The molecule has 0 aromatic heterocycles. The number of nitrogens with one attached hydrogen (secondary N) is 1. The van der Waals surface area contributed by atoms with Crippen molar-refractivity contribution in [3.8, 4) is 5.75 Å². The molecular weight excluding hydrogens is 372 g/mol. The van der Waals surface area contributed by atoms with Crippen LogP contribution in [0.25, 0.3) is 0 Å². The summed E-state index contributed by atoms with van der Waals surface area (Å²) in [5, 5.41) is 2.52. The molecule has 0 aliphatic heterocycles. The van der Waals surface area contributed by atoms with Crippen LogP contribution in [-0.2, 0) is 11.2 Å². The smallest absolute Gasteiger partial charge is 0.277 e. The molecule has 0 heterocycles. The molecule has 5 nitrogen and oxygen atoms in total. The number of amides is 2. The van der Waals surface area contributed by atoms with Gasteiger partial charge in [0, 0.05) is 23.5 Å². The zero-order valence-electron chi connectivity index (χ0n) is 13.4. The Morgan fingerprint density at radius 2 is 1.88 bits per heavy atom. The van der Waals surface area contributed by atoms with Crippen LogP contribution in [0.4, 0.5) is 0 Å². The van der Waals surface area contributed by atoms with Crippen molar-refractivity contribution in [3.05, 3.63) is 64.1 Å². The van der Waals surface area contributed by atoms with Gasteiger partial charge in [-0.2, -0.15) is 0 Å². The van der Waals surface area contributed by atoms with Crippen molar-refractivity contribution in [2.45, 2.75) is 6.42 Å². The average Bonchev–Trinajstić information content (AvgIpc) is 2.61. The van der Waals surface area contributed by atoms with E-state index in [1.807, 2.05) is 18.2 Å². The number of methoxy groups -OCH3 is 1. The largest absolute Gasteiger partial charge is 0.497 e. The summed E-state index contributed by atoms with van der Waals surface area (Å²) in [7, 11) is 3.10. The first-order valence-corrected chi connectivity index (χ1v) is 8.05. The van der Waals surface area contributed by atoms with Crippen LogP contribution in [0.2, 0.25) is 0 Å². The molecule has 0 unspecified atom stereocenters. The maximum Gasteiger partial charge on any atom is 0.277 e. The Labute approximate surface area is 148 Å². The summed E-state index contributed by atoms with van der Waals surface area (Å²) in [6.07, 6.45) is 0.253. The topological polar surface area (TPSA) is 67.8 Å². The van der Waals surface area contributed by atoms with Crippen LogP contribution in [0.15, 0.2) is 58.0 Å². The monoisotopic (exact) mass is 388 g/mol. The fraction of sp³-hybridized carbons (Fsp3) is 0.167. The number of halogens is 1. The number of nitrogens with zero attached hydrogens (tertiary/aromatic N) is 1. The van der Waals surface area contributed by atoms with Crippen LogP contribution >= 0.6 is 15.9 Å². The minimum atomic E-state index is -0.455. The molecule has 1 N–H and O–H groups in total. The van der Waals surface area contributed by atoms with Gasteiger partial charge in [0.15, 0.2) is 0 Å². The Morgan fingerprint density at radius 1 is 1.17 bits per heavy atom. The second-order valence-electron chi connectivity index (χ2n) is 4.98. The minimum absolute atomic E-state index is 0.160. The maximum absolute atomic E-state index is 12.3. The Morgan fingerprint density at radius 3 is 2.46 bits per heavy atom. The SMILES string of the molecule is CNC(=O)C(Cc1ccc(OC)cc1)=NC(=O)c1cccc(Br)c1. The van der Waals surface area contributed by atoms with Crippen molar-refractivity contribution >= 4 is 33.5 Å². The Hall–Kier alpha value is -2.47. The molecule has 24 heavy (non-hydrogen) atoms. The molecule has 2 rings (SSSR count). The first kappa shape index (κ1) is 17.9. The van der Waals surface area contributed by atoms with Crippen molar-refractivity contribution < 1.29 is 14.3 Å². The van der Waals surface area contributed by atoms with Crippen molar-refractivity contribution in [1.82, 2.24) is 5.32 Å². The quantitative estimate of drug-likeness (QED) is 0.800. The molecule has 0 atom stereocenters. The molecule has 0 aliphatic rings. The van der Waals surface area contributed by atoms with Crippen LogP contribution in [0.1, 0.15) is 15.9 Å². The molecule has 0 aliphatic carbocycles. The molecule has 124 valence electrons. The van der Waals surface area contributed by atoms with Gasteiger partial charge in [-0.3, -0.25) is 9.59 Å². The van der Waals surface area contributed by atoms with Gasteiger partial charge in [0.25, 0.3) is 11.8 Å². The van der Waals surface area contributed by atoms with Gasteiger partial charge in [0.1, 0.15) is 11.5 Å². The molecule has 0 saturated carbocycles.